The molecule has 5 unspecified atom stereocenters. The zero-order valence-electron chi connectivity index (χ0n) is 22.5. The van der Waals surface area contributed by atoms with Gasteiger partial charge in [0.25, 0.3) is 0 Å². The average Bonchev–Trinajstić information content (AvgIpc) is 2.83. The van der Waals surface area contributed by atoms with Gasteiger partial charge in [-0.15, -0.1) is 0 Å². The van der Waals surface area contributed by atoms with Crippen molar-refractivity contribution in [3.63, 3.8) is 0 Å². The van der Waals surface area contributed by atoms with Crippen LogP contribution in [0.25, 0.3) is 0 Å². The van der Waals surface area contributed by atoms with Crippen molar-refractivity contribution in [3.8, 4) is 5.75 Å². The zero-order chi connectivity index (χ0) is 29.7. The third-order valence-corrected chi connectivity index (χ3v) is 5.69. The zero-order valence-corrected chi connectivity index (χ0v) is 22.5. The normalized spacial score (nSPS) is 14.8. The number of aliphatic hydroxyl groups excluding tert-OH is 1. The van der Waals surface area contributed by atoms with Gasteiger partial charge in [-0.2, -0.15) is 0 Å². The van der Waals surface area contributed by atoms with E-state index in [4.69, 9.17) is 17.2 Å². The number of aliphatic imine (C=N–C) groups is 1. The standard InChI is InChI=1S/C25H41N7O7/c1-13(2)11-17(26)21(35)31-19(12-15-6-8-16(34)9-7-15)22(36)32-20(14(3)33)23(37)30-18(24(38)39)5-4-10-29-25(27)28/h6-9,13-14,17-20,33-34H,4-5,10-12,26H2,1-3H3,(H,30,37)(H,31,35)(H,32,36)(H,38,39)(H4,27,28,29). The first-order valence-electron chi connectivity index (χ1n) is 12.6. The maximum atomic E-state index is 13.2. The summed E-state index contributed by atoms with van der Waals surface area (Å²) in [6.45, 7) is 5.19. The number of amides is 3. The number of carbonyl (C=O) groups excluding carboxylic acids is 3. The molecule has 3 amide bonds. The van der Waals surface area contributed by atoms with Crippen molar-refractivity contribution in [2.24, 2.45) is 28.1 Å². The predicted molar refractivity (Wildman–Crippen MR) is 144 cm³/mol. The first-order chi connectivity index (χ1) is 18.2. The molecule has 1 aromatic rings. The van der Waals surface area contributed by atoms with E-state index in [1.807, 2.05) is 13.8 Å². The highest BCUT2D eigenvalue weighted by Crippen LogP contribution is 2.12. The molecule has 14 heteroatoms. The summed E-state index contributed by atoms with van der Waals surface area (Å²) < 4.78 is 0. The molecule has 0 aliphatic rings. The van der Waals surface area contributed by atoms with Crippen molar-refractivity contribution in [2.45, 2.75) is 76.7 Å². The molecule has 1 rings (SSSR count). The maximum Gasteiger partial charge on any atom is 0.326 e. The van der Waals surface area contributed by atoms with E-state index < -0.39 is 54.0 Å². The number of nitrogens with two attached hydrogens (primary N) is 3. The van der Waals surface area contributed by atoms with Gasteiger partial charge in [0.1, 0.15) is 23.9 Å². The fourth-order valence-corrected chi connectivity index (χ4v) is 3.65. The Balaban J connectivity index is 3.05. The van der Waals surface area contributed by atoms with E-state index in [1.54, 1.807) is 12.1 Å². The second kappa shape index (κ2) is 16.1. The Hall–Kier alpha value is -3.91. The number of benzene rings is 1. The summed E-state index contributed by atoms with van der Waals surface area (Å²) in [5, 5.41) is 36.6. The Morgan fingerprint density at radius 1 is 0.923 bits per heavy atom. The highest BCUT2D eigenvalue weighted by atomic mass is 16.4. The number of phenolic OH excluding ortho intramolecular Hbond substituents is 1. The van der Waals surface area contributed by atoms with Crippen molar-refractivity contribution in [1.82, 2.24) is 16.0 Å². The second-order valence-corrected chi connectivity index (χ2v) is 9.74. The molecule has 0 fully saturated rings. The first kappa shape index (κ1) is 33.1. The van der Waals surface area contributed by atoms with Gasteiger partial charge in [0.2, 0.25) is 17.7 Å². The van der Waals surface area contributed by atoms with Gasteiger partial charge in [0, 0.05) is 13.0 Å². The van der Waals surface area contributed by atoms with Crippen LogP contribution in [-0.2, 0) is 25.6 Å². The summed E-state index contributed by atoms with van der Waals surface area (Å²) in [6.07, 6.45) is -0.803. The van der Waals surface area contributed by atoms with Crippen LogP contribution in [-0.4, -0.2) is 81.8 Å². The molecule has 12 N–H and O–H groups in total. The van der Waals surface area contributed by atoms with Gasteiger partial charge >= 0.3 is 5.97 Å². The number of guanidine groups is 1. The largest absolute Gasteiger partial charge is 0.508 e. The van der Waals surface area contributed by atoms with Gasteiger partial charge in [-0.25, -0.2) is 4.79 Å². The molecule has 1 aromatic carbocycles. The van der Waals surface area contributed by atoms with Crippen LogP contribution in [0.15, 0.2) is 29.3 Å². The minimum absolute atomic E-state index is 0.00833. The van der Waals surface area contributed by atoms with Crippen LogP contribution >= 0.6 is 0 Å². The fourth-order valence-electron chi connectivity index (χ4n) is 3.65. The molecular formula is C25H41N7O7. The number of aromatic hydroxyl groups is 1. The van der Waals surface area contributed by atoms with Crippen molar-refractivity contribution in [2.75, 3.05) is 6.54 Å². The Bertz CT molecular complexity index is 995. The Morgan fingerprint density at radius 3 is 2.03 bits per heavy atom. The van der Waals surface area contributed by atoms with Crippen molar-refractivity contribution >= 4 is 29.7 Å². The van der Waals surface area contributed by atoms with E-state index in [9.17, 15) is 34.5 Å². The lowest BCUT2D eigenvalue weighted by atomic mass is 10.0. The summed E-state index contributed by atoms with van der Waals surface area (Å²) in [5.41, 5.74) is 17.1. The van der Waals surface area contributed by atoms with Crippen molar-refractivity contribution in [1.29, 1.82) is 0 Å². The second-order valence-electron chi connectivity index (χ2n) is 9.74. The summed E-state index contributed by atoms with van der Waals surface area (Å²) in [6, 6.07) is 1.04. The smallest absolute Gasteiger partial charge is 0.326 e. The molecule has 0 aromatic heterocycles. The molecule has 0 aliphatic heterocycles. The Morgan fingerprint density at radius 2 is 1.51 bits per heavy atom. The molecule has 14 nitrogen and oxygen atoms in total. The summed E-state index contributed by atoms with van der Waals surface area (Å²) >= 11 is 0. The molecule has 0 bridgehead atoms. The number of carbonyl (C=O) groups is 4. The van der Waals surface area contributed by atoms with Gasteiger partial charge in [0.05, 0.1) is 12.1 Å². The minimum atomic E-state index is -1.53. The summed E-state index contributed by atoms with van der Waals surface area (Å²) in [7, 11) is 0. The van der Waals surface area contributed by atoms with Crippen LogP contribution in [0.4, 0.5) is 0 Å². The SMILES string of the molecule is CC(C)CC(N)C(=O)NC(Cc1ccc(O)cc1)C(=O)NC(C(=O)NC(CCCN=C(N)N)C(=O)O)C(C)O. The number of carboxylic acids is 1. The van der Waals surface area contributed by atoms with Crippen LogP contribution in [0.1, 0.15) is 45.6 Å². The van der Waals surface area contributed by atoms with E-state index >= 15 is 0 Å². The first-order valence-corrected chi connectivity index (χ1v) is 12.6. The van der Waals surface area contributed by atoms with E-state index in [0.717, 1.165) is 0 Å². The topological polar surface area (TPSA) is 255 Å². The van der Waals surface area contributed by atoms with Gasteiger partial charge in [-0.1, -0.05) is 26.0 Å². The van der Waals surface area contributed by atoms with Crippen molar-refractivity contribution < 1.29 is 34.5 Å². The Labute approximate surface area is 227 Å². The van der Waals surface area contributed by atoms with Gasteiger partial charge < -0.3 is 48.5 Å². The third-order valence-electron chi connectivity index (χ3n) is 5.69. The van der Waals surface area contributed by atoms with Gasteiger partial charge in [-0.3, -0.25) is 19.4 Å². The number of hydrogen-bond donors (Lipinski definition) is 9. The number of rotatable bonds is 16. The van der Waals surface area contributed by atoms with Gasteiger partial charge in [-0.05, 0) is 49.8 Å². The molecule has 0 aliphatic carbocycles. The number of nitrogens with zero attached hydrogens (tertiary/aromatic N) is 1. The molecule has 0 saturated heterocycles. The monoisotopic (exact) mass is 551 g/mol. The van der Waals surface area contributed by atoms with E-state index in [0.29, 0.717) is 12.0 Å². The molecule has 0 saturated carbocycles. The summed E-state index contributed by atoms with van der Waals surface area (Å²) in [5.74, 6) is -3.64. The number of aliphatic hydroxyl groups is 1. The molecule has 5 atom stereocenters. The minimum Gasteiger partial charge on any atom is -0.508 e. The highest BCUT2D eigenvalue weighted by molar-refractivity contribution is 5.94. The number of aliphatic carboxylic acids is 1. The number of carboxylic acid groups (broad SMARTS) is 1. The lowest BCUT2D eigenvalue weighted by Crippen LogP contribution is -2.60. The van der Waals surface area contributed by atoms with E-state index in [1.165, 1.54) is 19.1 Å². The lowest BCUT2D eigenvalue weighted by molar-refractivity contribution is -0.143. The van der Waals surface area contributed by atoms with Crippen LogP contribution < -0.4 is 33.2 Å². The van der Waals surface area contributed by atoms with Crippen LogP contribution in [0, 0.1) is 5.92 Å². The average molecular weight is 552 g/mol. The predicted octanol–water partition coefficient (Wildman–Crippen LogP) is -1.72. The number of phenols is 1. The summed E-state index contributed by atoms with van der Waals surface area (Å²) in [4.78, 5) is 54.3. The number of nitrogens with one attached hydrogen (secondary N) is 3. The van der Waals surface area contributed by atoms with E-state index in [-0.39, 0.29) is 43.4 Å². The highest BCUT2D eigenvalue weighted by Gasteiger charge is 2.32. The van der Waals surface area contributed by atoms with Crippen molar-refractivity contribution in [3.05, 3.63) is 29.8 Å². The number of hydrogen-bond acceptors (Lipinski definition) is 8. The third kappa shape index (κ3) is 12.5. The molecule has 218 valence electrons. The van der Waals surface area contributed by atoms with Crippen LogP contribution in [0.2, 0.25) is 0 Å². The van der Waals surface area contributed by atoms with Gasteiger partial charge in [0.15, 0.2) is 5.96 Å². The lowest BCUT2D eigenvalue weighted by Gasteiger charge is -2.27. The Kier molecular flexibility index (Phi) is 13.7. The molecule has 0 heterocycles. The van der Waals surface area contributed by atoms with Crippen LogP contribution in [0.5, 0.6) is 5.75 Å². The fraction of sp³-hybridized carbons (Fsp3) is 0.560. The molecular weight excluding hydrogens is 510 g/mol. The maximum absolute atomic E-state index is 13.2. The van der Waals surface area contributed by atoms with Crippen LogP contribution in [0.3, 0.4) is 0 Å². The quantitative estimate of drug-likeness (QED) is 0.0638. The molecule has 39 heavy (non-hydrogen) atoms. The molecule has 0 spiro atoms. The molecule has 0 radical (unpaired) electrons. The van der Waals surface area contributed by atoms with E-state index in [2.05, 4.69) is 20.9 Å².